The zero-order valence-electron chi connectivity index (χ0n) is 15.2. The van der Waals surface area contributed by atoms with Gasteiger partial charge in [-0.3, -0.25) is 4.79 Å². The molecule has 0 spiro atoms. The third kappa shape index (κ3) is 5.13. The van der Waals surface area contributed by atoms with Crippen LogP contribution in [0.25, 0.3) is 11.0 Å². The Labute approximate surface area is 192 Å². The number of hydrazone groups is 1. The van der Waals surface area contributed by atoms with Gasteiger partial charge in [0.25, 0.3) is 0 Å². The van der Waals surface area contributed by atoms with E-state index >= 15 is 0 Å². The Kier molecular flexibility index (Phi) is 7.01. The van der Waals surface area contributed by atoms with Gasteiger partial charge in [0.2, 0.25) is 0 Å². The number of furan rings is 1. The number of hydrogen-bond acceptors (Lipinski definition) is 6. The molecule has 1 heterocycles. The van der Waals surface area contributed by atoms with Gasteiger partial charge in [0.05, 0.1) is 22.8 Å². The standard InChI is InChI=1S/C19H13Br2ClN2O6/c1-28-14-3-9(2-13(22)18(14)29-8-16(25)26)7-23-24-19(27)15-5-10-4-11(20)6-12(21)17(10)30-15/h2-7H,8H2,1H3,(H,24,27)(H,25,26)/b23-7-. The molecule has 0 fully saturated rings. The molecule has 11 heteroatoms. The van der Waals surface area contributed by atoms with Crippen LogP contribution in [0.15, 0.2) is 48.8 Å². The minimum atomic E-state index is -1.15. The fourth-order valence-corrected chi connectivity index (χ4v) is 4.11. The van der Waals surface area contributed by atoms with Crippen molar-refractivity contribution < 1.29 is 28.6 Å². The van der Waals surface area contributed by atoms with E-state index in [9.17, 15) is 9.59 Å². The number of amides is 1. The van der Waals surface area contributed by atoms with Gasteiger partial charge < -0.3 is 19.0 Å². The molecule has 0 saturated carbocycles. The van der Waals surface area contributed by atoms with Crippen LogP contribution in [-0.4, -0.2) is 36.9 Å². The van der Waals surface area contributed by atoms with Gasteiger partial charge in [-0.2, -0.15) is 5.10 Å². The molecule has 0 radical (unpaired) electrons. The van der Waals surface area contributed by atoms with Crippen LogP contribution in [0, 0.1) is 0 Å². The summed E-state index contributed by atoms with van der Waals surface area (Å²) in [7, 11) is 1.39. The number of nitrogens with one attached hydrogen (secondary N) is 1. The Morgan fingerprint density at radius 1 is 1.27 bits per heavy atom. The number of hydrogen-bond donors (Lipinski definition) is 2. The summed E-state index contributed by atoms with van der Waals surface area (Å²) < 4.78 is 17.4. The van der Waals surface area contributed by atoms with Crippen molar-refractivity contribution in [2.45, 2.75) is 0 Å². The molecule has 0 unspecified atom stereocenters. The number of nitrogens with zero attached hydrogens (tertiary/aromatic N) is 1. The second kappa shape index (κ2) is 9.50. The molecule has 0 aliphatic carbocycles. The third-order valence-corrected chi connectivity index (χ3v) is 5.06. The highest BCUT2D eigenvalue weighted by Gasteiger charge is 2.15. The van der Waals surface area contributed by atoms with Crippen LogP contribution in [0.4, 0.5) is 0 Å². The lowest BCUT2D eigenvalue weighted by Gasteiger charge is -2.11. The summed E-state index contributed by atoms with van der Waals surface area (Å²) in [6.07, 6.45) is 1.35. The summed E-state index contributed by atoms with van der Waals surface area (Å²) >= 11 is 12.9. The molecule has 0 aliphatic heterocycles. The van der Waals surface area contributed by atoms with E-state index in [1.54, 1.807) is 6.07 Å². The first kappa shape index (κ1) is 22.1. The van der Waals surface area contributed by atoms with Gasteiger partial charge in [0.15, 0.2) is 23.9 Å². The molecule has 2 N–H and O–H groups in total. The molecular formula is C19H13Br2ClN2O6. The lowest BCUT2D eigenvalue weighted by atomic mass is 10.2. The predicted octanol–water partition coefficient (Wildman–Crippen LogP) is 4.85. The molecule has 30 heavy (non-hydrogen) atoms. The van der Waals surface area contributed by atoms with Crippen LogP contribution < -0.4 is 14.9 Å². The lowest BCUT2D eigenvalue weighted by Crippen LogP contribution is -2.16. The second-order valence-corrected chi connectivity index (χ2v) is 8.01. The van der Waals surface area contributed by atoms with E-state index in [-0.39, 0.29) is 22.3 Å². The van der Waals surface area contributed by atoms with Gasteiger partial charge in [-0.05, 0) is 51.8 Å². The summed E-state index contributed by atoms with van der Waals surface area (Å²) in [6.45, 7) is -0.566. The maximum atomic E-state index is 12.3. The summed E-state index contributed by atoms with van der Waals surface area (Å²) in [5.41, 5.74) is 3.41. The first-order chi connectivity index (χ1) is 14.3. The molecule has 1 aromatic heterocycles. The monoisotopic (exact) mass is 558 g/mol. The normalized spacial score (nSPS) is 11.1. The summed E-state index contributed by atoms with van der Waals surface area (Å²) in [4.78, 5) is 23.0. The van der Waals surface area contributed by atoms with E-state index in [1.165, 1.54) is 25.5 Å². The van der Waals surface area contributed by atoms with Crippen LogP contribution >= 0.6 is 43.5 Å². The fourth-order valence-electron chi connectivity index (χ4n) is 2.50. The number of carboxylic acid groups (broad SMARTS) is 1. The predicted molar refractivity (Wildman–Crippen MR) is 118 cm³/mol. The van der Waals surface area contributed by atoms with E-state index in [0.717, 1.165) is 9.86 Å². The van der Waals surface area contributed by atoms with Crippen LogP contribution in [0.5, 0.6) is 11.5 Å². The second-order valence-electron chi connectivity index (χ2n) is 5.83. The molecule has 2 aromatic carbocycles. The van der Waals surface area contributed by atoms with E-state index in [1.807, 2.05) is 12.1 Å². The largest absolute Gasteiger partial charge is 0.493 e. The molecule has 156 valence electrons. The molecule has 8 nitrogen and oxygen atoms in total. The van der Waals surface area contributed by atoms with Crippen molar-refractivity contribution >= 4 is 72.5 Å². The van der Waals surface area contributed by atoms with Crippen molar-refractivity contribution in [2.75, 3.05) is 13.7 Å². The number of fused-ring (bicyclic) bond motifs is 1. The van der Waals surface area contributed by atoms with Gasteiger partial charge in [0.1, 0.15) is 5.58 Å². The maximum Gasteiger partial charge on any atom is 0.341 e. The first-order valence-electron chi connectivity index (χ1n) is 8.22. The van der Waals surface area contributed by atoms with Crippen LogP contribution in [-0.2, 0) is 4.79 Å². The van der Waals surface area contributed by atoms with E-state index < -0.39 is 18.5 Å². The highest BCUT2D eigenvalue weighted by molar-refractivity contribution is 9.11. The van der Waals surface area contributed by atoms with E-state index in [0.29, 0.717) is 15.6 Å². The van der Waals surface area contributed by atoms with Gasteiger partial charge >= 0.3 is 11.9 Å². The quantitative estimate of drug-likeness (QED) is 0.316. The molecular weight excluding hydrogens is 547 g/mol. The van der Waals surface area contributed by atoms with Gasteiger partial charge in [-0.1, -0.05) is 27.5 Å². The van der Waals surface area contributed by atoms with E-state index in [2.05, 4.69) is 42.4 Å². The summed E-state index contributed by atoms with van der Waals surface area (Å²) in [5.74, 6) is -1.27. The average molecular weight is 561 g/mol. The topological polar surface area (TPSA) is 110 Å². The Morgan fingerprint density at radius 2 is 2.03 bits per heavy atom. The van der Waals surface area contributed by atoms with Crippen LogP contribution in [0.3, 0.4) is 0 Å². The summed E-state index contributed by atoms with van der Waals surface area (Å²) in [6, 6.07) is 8.27. The van der Waals surface area contributed by atoms with Crippen LogP contribution in [0.2, 0.25) is 5.02 Å². The van der Waals surface area contributed by atoms with Crippen molar-refractivity contribution in [2.24, 2.45) is 5.10 Å². The Bertz CT molecular complexity index is 1160. The number of aliphatic carboxylic acids is 1. The Balaban J connectivity index is 1.74. The minimum absolute atomic E-state index is 0.0916. The molecule has 3 aromatic rings. The molecule has 1 amide bonds. The number of methoxy groups -OCH3 is 1. The number of ether oxygens (including phenoxy) is 2. The number of rotatable bonds is 7. The van der Waals surface area contributed by atoms with Crippen molar-refractivity contribution in [1.29, 1.82) is 0 Å². The molecule has 3 rings (SSSR count). The highest BCUT2D eigenvalue weighted by Crippen LogP contribution is 2.36. The summed E-state index contributed by atoms with van der Waals surface area (Å²) in [5, 5.41) is 13.5. The maximum absolute atomic E-state index is 12.3. The number of carboxylic acids is 1. The third-order valence-electron chi connectivity index (χ3n) is 3.73. The smallest absolute Gasteiger partial charge is 0.341 e. The Morgan fingerprint density at radius 3 is 2.73 bits per heavy atom. The van der Waals surface area contributed by atoms with Crippen molar-refractivity contribution in [1.82, 2.24) is 5.43 Å². The van der Waals surface area contributed by atoms with Gasteiger partial charge in [-0.25, -0.2) is 10.2 Å². The van der Waals surface area contributed by atoms with Crippen molar-refractivity contribution in [3.63, 3.8) is 0 Å². The SMILES string of the molecule is COc1cc(/C=N\NC(=O)c2cc3cc(Br)cc(Br)c3o2)cc(Cl)c1OCC(=O)O. The zero-order valence-corrected chi connectivity index (χ0v) is 19.2. The van der Waals surface area contributed by atoms with Gasteiger partial charge in [-0.15, -0.1) is 0 Å². The molecule has 0 saturated heterocycles. The highest BCUT2D eigenvalue weighted by atomic mass is 79.9. The number of carbonyl (C=O) groups is 2. The van der Waals surface area contributed by atoms with E-state index in [4.69, 9.17) is 30.6 Å². The number of halogens is 3. The fraction of sp³-hybridized carbons (Fsp3) is 0.105. The molecule has 0 aliphatic rings. The van der Waals surface area contributed by atoms with Crippen molar-refractivity contribution in [3.8, 4) is 11.5 Å². The van der Waals surface area contributed by atoms with Crippen LogP contribution in [0.1, 0.15) is 16.1 Å². The van der Waals surface area contributed by atoms with Gasteiger partial charge in [0, 0.05) is 9.86 Å². The molecule has 0 atom stereocenters. The van der Waals surface area contributed by atoms with Crippen molar-refractivity contribution in [3.05, 3.63) is 55.6 Å². The first-order valence-corrected chi connectivity index (χ1v) is 10.2. The Hall–Kier alpha value is -2.56. The minimum Gasteiger partial charge on any atom is -0.493 e. The number of benzene rings is 2. The lowest BCUT2D eigenvalue weighted by molar-refractivity contribution is -0.139. The number of carbonyl (C=O) groups excluding carboxylic acids is 1. The molecule has 0 bridgehead atoms. The zero-order chi connectivity index (χ0) is 21.8. The average Bonchev–Trinajstić information content (AvgIpc) is 3.11.